The predicted octanol–water partition coefficient (Wildman–Crippen LogP) is 0.547. The lowest BCUT2D eigenvalue weighted by atomic mass is 10.4. The molecule has 0 saturated carbocycles. The van der Waals surface area contributed by atoms with Gasteiger partial charge in [0.05, 0.1) is 0 Å². The van der Waals surface area contributed by atoms with E-state index in [-0.39, 0.29) is 19.1 Å². The van der Waals surface area contributed by atoms with E-state index in [0.29, 0.717) is 0 Å². The van der Waals surface area contributed by atoms with Crippen LogP contribution in [-0.4, -0.2) is 41.2 Å². The minimum absolute atomic E-state index is 0. The first kappa shape index (κ1) is 16.1. The number of carbonyl (C=O) groups is 1. The Hall–Kier alpha value is -0.343. The van der Waals surface area contributed by atoms with Gasteiger partial charge in [0.2, 0.25) is 0 Å². The van der Waals surface area contributed by atoms with Crippen molar-refractivity contribution in [1.82, 2.24) is 0 Å². The molecule has 84 valence electrons. The second kappa shape index (κ2) is 7.02. The van der Waals surface area contributed by atoms with Crippen molar-refractivity contribution in [2.75, 3.05) is 21.3 Å². The Morgan fingerprint density at radius 2 is 1.57 bits per heavy atom. The van der Waals surface area contributed by atoms with E-state index in [1.165, 1.54) is 34.0 Å². The molecule has 7 heteroatoms. The summed E-state index contributed by atoms with van der Waals surface area (Å²) >= 11 is 0. The van der Waals surface area contributed by atoms with Crippen molar-refractivity contribution >= 4 is 28.3 Å². The van der Waals surface area contributed by atoms with E-state index in [1.54, 1.807) is 0 Å². The summed E-state index contributed by atoms with van der Waals surface area (Å²) < 4.78 is 15.0. The Balaban J connectivity index is 0. The lowest BCUT2D eigenvalue weighted by Crippen LogP contribution is -2.41. The highest BCUT2D eigenvalue weighted by Crippen LogP contribution is 2.10. The fourth-order valence-corrected chi connectivity index (χ4v) is 2.26. The highest BCUT2D eigenvalue weighted by molar-refractivity contribution is 7.59. The standard InChI is InChI=1S/C7H14O5Si.H2S/c1-6(7(8)9)5-13(10-2,11-3)12-4;/h5H,1-4H3,(H,8,9);1H2. The van der Waals surface area contributed by atoms with Crippen molar-refractivity contribution < 1.29 is 23.2 Å². The van der Waals surface area contributed by atoms with Crippen molar-refractivity contribution in [2.24, 2.45) is 0 Å². The molecule has 0 radical (unpaired) electrons. The van der Waals surface area contributed by atoms with Gasteiger partial charge in [-0.3, -0.25) is 0 Å². The van der Waals surface area contributed by atoms with Crippen LogP contribution in [-0.2, 0) is 18.1 Å². The minimum atomic E-state index is -2.89. The summed E-state index contributed by atoms with van der Waals surface area (Å²) in [6.07, 6.45) is 0. The molecule has 0 unspecified atom stereocenters. The van der Waals surface area contributed by atoms with E-state index in [0.717, 1.165) is 0 Å². The molecule has 0 saturated heterocycles. The van der Waals surface area contributed by atoms with E-state index in [2.05, 4.69) is 0 Å². The van der Waals surface area contributed by atoms with E-state index < -0.39 is 14.8 Å². The van der Waals surface area contributed by atoms with Gasteiger partial charge in [-0.25, -0.2) is 4.79 Å². The zero-order valence-electron chi connectivity index (χ0n) is 8.66. The maximum atomic E-state index is 10.5. The van der Waals surface area contributed by atoms with Crippen LogP contribution in [0.15, 0.2) is 11.3 Å². The zero-order chi connectivity index (χ0) is 10.5. The Morgan fingerprint density at radius 1 is 1.21 bits per heavy atom. The van der Waals surface area contributed by atoms with Crippen molar-refractivity contribution in [3.8, 4) is 0 Å². The van der Waals surface area contributed by atoms with Crippen molar-refractivity contribution in [3.63, 3.8) is 0 Å². The molecule has 0 aromatic carbocycles. The van der Waals surface area contributed by atoms with Crippen LogP contribution in [0.25, 0.3) is 0 Å². The van der Waals surface area contributed by atoms with Crippen LogP contribution in [0.1, 0.15) is 6.92 Å². The molecule has 0 atom stereocenters. The first-order valence-electron chi connectivity index (χ1n) is 3.59. The summed E-state index contributed by atoms with van der Waals surface area (Å²) in [6.45, 7) is 1.46. The molecular weight excluding hydrogens is 224 g/mol. The van der Waals surface area contributed by atoms with Gasteiger partial charge in [-0.15, -0.1) is 0 Å². The molecule has 5 nitrogen and oxygen atoms in total. The molecule has 0 aliphatic rings. The van der Waals surface area contributed by atoms with Crippen molar-refractivity contribution in [3.05, 3.63) is 11.3 Å². The molecule has 0 heterocycles. The van der Waals surface area contributed by atoms with Crippen LogP contribution in [0.2, 0.25) is 0 Å². The molecule has 0 spiro atoms. The average Bonchev–Trinajstić information content (AvgIpc) is 2.14. The van der Waals surface area contributed by atoms with Crippen LogP contribution in [0, 0.1) is 0 Å². The number of carboxylic acid groups (broad SMARTS) is 1. The molecule has 14 heavy (non-hydrogen) atoms. The Labute approximate surface area is 91.5 Å². The van der Waals surface area contributed by atoms with Gasteiger partial charge >= 0.3 is 14.8 Å². The van der Waals surface area contributed by atoms with Crippen LogP contribution in [0.4, 0.5) is 0 Å². The predicted molar refractivity (Wildman–Crippen MR) is 58.6 cm³/mol. The van der Waals surface area contributed by atoms with Gasteiger partial charge in [0.25, 0.3) is 0 Å². The van der Waals surface area contributed by atoms with Gasteiger partial charge in [-0.05, 0) is 12.6 Å². The molecule has 0 amide bonds. The molecule has 0 rings (SSSR count). The fraction of sp³-hybridized carbons (Fsp3) is 0.571. The summed E-state index contributed by atoms with van der Waals surface area (Å²) in [5.41, 5.74) is 1.53. The SMILES string of the molecule is CO[Si](C=C(C)C(=O)O)(OC)OC.S. The van der Waals surface area contributed by atoms with E-state index in [4.69, 9.17) is 18.4 Å². The quantitative estimate of drug-likeness (QED) is 0.561. The van der Waals surface area contributed by atoms with Gasteiger partial charge in [0, 0.05) is 26.9 Å². The first-order chi connectivity index (χ1) is 6.01. The second-order valence-corrected chi connectivity index (χ2v) is 5.07. The first-order valence-corrected chi connectivity index (χ1v) is 5.39. The van der Waals surface area contributed by atoms with Crippen LogP contribution >= 0.6 is 13.5 Å². The lowest BCUT2D eigenvalue weighted by molar-refractivity contribution is -0.132. The topological polar surface area (TPSA) is 65.0 Å². The molecule has 0 bridgehead atoms. The number of carboxylic acids is 1. The van der Waals surface area contributed by atoms with E-state index >= 15 is 0 Å². The van der Waals surface area contributed by atoms with Gasteiger partial charge in [0.15, 0.2) is 0 Å². The maximum Gasteiger partial charge on any atom is 0.529 e. The third kappa shape index (κ3) is 4.25. The number of aliphatic carboxylic acids is 1. The summed E-state index contributed by atoms with van der Waals surface area (Å²) in [6, 6.07) is 0. The third-order valence-electron chi connectivity index (χ3n) is 1.58. The van der Waals surface area contributed by atoms with Gasteiger partial charge in [0.1, 0.15) is 0 Å². The second-order valence-electron chi connectivity index (χ2n) is 2.35. The fourth-order valence-electron chi connectivity index (χ4n) is 0.754. The Bertz CT molecular complexity index is 206. The number of rotatable bonds is 5. The van der Waals surface area contributed by atoms with Crippen LogP contribution in [0.5, 0.6) is 0 Å². The van der Waals surface area contributed by atoms with Gasteiger partial charge in [-0.2, -0.15) is 13.5 Å². The lowest BCUT2D eigenvalue weighted by Gasteiger charge is -2.20. The minimum Gasteiger partial charge on any atom is -0.478 e. The summed E-state index contributed by atoms with van der Waals surface area (Å²) in [5, 5.41) is 8.62. The molecular formula is C7H16O5SSi. The Morgan fingerprint density at radius 3 is 1.79 bits per heavy atom. The number of hydrogen-bond acceptors (Lipinski definition) is 4. The largest absolute Gasteiger partial charge is 0.529 e. The monoisotopic (exact) mass is 240 g/mol. The highest BCUT2D eigenvalue weighted by atomic mass is 32.1. The third-order valence-corrected chi connectivity index (χ3v) is 4.08. The molecule has 0 aromatic rings. The van der Waals surface area contributed by atoms with Crippen LogP contribution < -0.4 is 0 Å². The molecule has 0 fully saturated rings. The summed E-state index contributed by atoms with van der Waals surface area (Å²) in [4.78, 5) is 10.5. The van der Waals surface area contributed by atoms with Crippen LogP contribution in [0.3, 0.4) is 0 Å². The van der Waals surface area contributed by atoms with E-state index in [9.17, 15) is 4.79 Å². The zero-order valence-corrected chi connectivity index (χ0v) is 10.7. The highest BCUT2D eigenvalue weighted by Gasteiger charge is 2.36. The Kier molecular flexibility index (Phi) is 8.07. The van der Waals surface area contributed by atoms with Gasteiger partial charge in [-0.1, -0.05) is 0 Å². The maximum absolute atomic E-state index is 10.5. The van der Waals surface area contributed by atoms with Crippen molar-refractivity contribution in [1.29, 1.82) is 0 Å². The smallest absolute Gasteiger partial charge is 0.478 e. The normalized spacial score (nSPS) is 12.1. The number of hydrogen-bond donors (Lipinski definition) is 1. The molecule has 0 aliphatic carbocycles. The summed E-state index contributed by atoms with van der Waals surface area (Å²) in [5.74, 6) is -1.01. The molecule has 0 aromatic heterocycles. The van der Waals surface area contributed by atoms with E-state index in [1.807, 2.05) is 0 Å². The van der Waals surface area contributed by atoms with Crippen molar-refractivity contribution in [2.45, 2.75) is 6.92 Å². The summed E-state index contributed by atoms with van der Waals surface area (Å²) in [7, 11) is 1.38. The molecule has 0 aliphatic heterocycles. The molecule has 1 N–H and O–H groups in total. The average molecular weight is 240 g/mol. The van der Waals surface area contributed by atoms with Gasteiger partial charge < -0.3 is 18.4 Å².